The zero-order valence-corrected chi connectivity index (χ0v) is 16.8. The molecule has 4 aromatic rings. The zero-order chi connectivity index (χ0) is 21.5. The molecule has 6 heteroatoms. The van der Waals surface area contributed by atoms with Crippen molar-refractivity contribution < 1.29 is 13.6 Å². The average molecular weight is 415 g/mol. The molecule has 0 radical (unpaired) electrons. The van der Waals surface area contributed by atoms with Crippen molar-refractivity contribution in [1.29, 1.82) is 0 Å². The molecule has 1 unspecified atom stereocenters. The van der Waals surface area contributed by atoms with Crippen molar-refractivity contribution in [1.82, 2.24) is 15.1 Å². The lowest BCUT2D eigenvalue weighted by molar-refractivity contribution is 0.0730. The number of halogens is 2. The van der Waals surface area contributed by atoms with Gasteiger partial charge in [-0.25, -0.2) is 8.78 Å². The summed E-state index contributed by atoms with van der Waals surface area (Å²) in [6.07, 6.45) is 0. The molecule has 31 heavy (non-hydrogen) atoms. The second-order valence-corrected chi connectivity index (χ2v) is 7.74. The fourth-order valence-electron chi connectivity index (χ4n) is 4.07. The topological polar surface area (TPSA) is 49.0 Å². The normalized spacial score (nSPS) is 15.4. The molecule has 1 aliphatic heterocycles. The Balaban J connectivity index is 1.63. The van der Waals surface area contributed by atoms with Crippen molar-refractivity contribution in [3.05, 3.63) is 112 Å². The lowest BCUT2D eigenvalue weighted by Crippen LogP contribution is -2.29. The molecule has 0 aliphatic carbocycles. The van der Waals surface area contributed by atoms with Gasteiger partial charge in [0.2, 0.25) is 0 Å². The van der Waals surface area contributed by atoms with Crippen LogP contribution in [0.5, 0.6) is 0 Å². The molecule has 154 valence electrons. The first-order valence-corrected chi connectivity index (χ1v) is 9.97. The highest BCUT2D eigenvalue weighted by atomic mass is 19.1. The second-order valence-electron chi connectivity index (χ2n) is 7.74. The van der Waals surface area contributed by atoms with E-state index in [-0.39, 0.29) is 24.1 Å². The van der Waals surface area contributed by atoms with Crippen LogP contribution in [0.4, 0.5) is 8.78 Å². The Morgan fingerprint density at radius 3 is 2.16 bits per heavy atom. The summed E-state index contributed by atoms with van der Waals surface area (Å²) in [7, 11) is 0. The Morgan fingerprint density at radius 2 is 1.52 bits per heavy atom. The SMILES string of the molecule is Cc1ccc(-c2n[nH]c3c2C(c2ccc(F)cc2)N(Cc2ccc(F)cc2)C3=O)cc1. The lowest BCUT2D eigenvalue weighted by atomic mass is 9.95. The number of fused-ring (bicyclic) bond motifs is 1. The van der Waals surface area contributed by atoms with Crippen LogP contribution in [0.2, 0.25) is 0 Å². The van der Waals surface area contributed by atoms with Gasteiger partial charge >= 0.3 is 0 Å². The number of amides is 1. The van der Waals surface area contributed by atoms with Gasteiger partial charge in [0.05, 0.1) is 11.7 Å². The van der Waals surface area contributed by atoms with E-state index >= 15 is 0 Å². The number of aromatic nitrogens is 2. The van der Waals surface area contributed by atoms with Gasteiger partial charge in [0.25, 0.3) is 5.91 Å². The minimum Gasteiger partial charge on any atom is -0.322 e. The van der Waals surface area contributed by atoms with Gasteiger partial charge in [0.15, 0.2) is 0 Å². The molecular weight excluding hydrogens is 396 g/mol. The summed E-state index contributed by atoms with van der Waals surface area (Å²) in [6, 6.07) is 19.7. The molecule has 1 N–H and O–H groups in total. The highest BCUT2D eigenvalue weighted by Crippen LogP contribution is 2.43. The van der Waals surface area contributed by atoms with E-state index in [9.17, 15) is 13.6 Å². The van der Waals surface area contributed by atoms with E-state index in [0.29, 0.717) is 11.4 Å². The predicted octanol–water partition coefficient (Wildman–Crippen LogP) is 5.41. The number of hydrogen-bond donors (Lipinski definition) is 1. The summed E-state index contributed by atoms with van der Waals surface area (Å²) in [6.45, 7) is 2.30. The number of nitrogens with one attached hydrogen (secondary N) is 1. The van der Waals surface area contributed by atoms with Gasteiger partial charge in [-0.05, 0) is 42.3 Å². The second kappa shape index (κ2) is 7.47. The highest BCUT2D eigenvalue weighted by molar-refractivity contribution is 6.00. The third-order valence-electron chi connectivity index (χ3n) is 5.64. The van der Waals surface area contributed by atoms with Gasteiger partial charge in [0.1, 0.15) is 17.3 Å². The average Bonchev–Trinajstić information content (AvgIpc) is 3.31. The molecule has 1 aromatic heterocycles. The minimum absolute atomic E-state index is 0.195. The zero-order valence-electron chi connectivity index (χ0n) is 16.8. The number of carbonyl (C=O) groups excluding carboxylic acids is 1. The first-order chi connectivity index (χ1) is 15.0. The first-order valence-electron chi connectivity index (χ1n) is 9.97. The number of nitrogens with zero attached hydrogens (tertiary/aromatic N) is 2. The Morgan fingerprint density at radius 1 is 0.903 bits per heavy atom. The van der Waals surface area contributed by atoms with Crippen LogP contribution >= 0.6 is 0 Å². The molecule has 0 saturated carbocycles. The summed E-state index contributed by atoms with van der Waals surface area (Å²) in [5.74, 6) is -0.869. The molecule has 0 spiro atoms. The van der Waals surface area contributed by atoms with Crippen LogP contribution in [0.1, 0.15) is 38.8 Å². The van der Waals surface area contributed by atoms with E-state index in [4.69, 9.17) is 0 Å². The van der Waals surface area contributed by atoms with Gasteiger partial charge in [-0.3, -0.25) is 9.89 Å². The number of aromatic amines is 1. The Kier molecular flexibility index (Phi) is 4.62. The fraction of sp³-hybridized carbons (Fsp3) is 0.120. The van der Waals surface area contributed by atoms with Crippen molar-refractivity contribution in [3.8, 4) is 11.3 Å². The molecule has 4 nitrogen and oxygen atoms in total. The molecule has 5 rings (SSSR count). The lowest BCUT2D eigenvalue weighted by Gasteiger charge is -2.26. The standard InChI is InChI=1S/C25H19F2N3O/c1-15-2-6-17(7-3-15)22-21-23(29-28-22)25(31)30(14-16-4-10-19(26)11-5-16)24(21)18-8-12-20(27)13-9-18/h2-13,24H,14H2,1H3,(H,28,29). The molecule has 3 aromatic carbocycles. The van der Waals surface area contributed by atoms with Crippen LogP contribution in [-0.2, 0) is 6.54 Å². The van der Waals surface area contributed by atoms with Gasteiger partial charge in [-0.2, -0.15) is 5.10 Å². The van der Waals surface area contributed by atoms with Crippen LogP contribution in [0.15, 0.2) is 72.8 Å². The van der Waals surface area contributed by atoms with E-state index in [0.717, 1.165) is 27.8 Å². The summed E-state index contributed by atoms with van der Waals surface area (Å²) < 4.78 is 27.0. The number of carbonyl (C=O) groups is 1. The summed E-state index contributed by atoms with van der Waals surface area (Å²) in [4.78, 5) is 15.0. The van der Waals surface area contributed by atoms with Crippen LogP contribution in [0.3, 0.4) is 0 Å². The quantitative estimate of drug-likeness (QED) is 0.485. The fourth-order valence-corrected chi connectivity index (χ4v) is 4.07. The Labute approximate surface area is 178 Å². The van der Waals surface area contributed by atoms with Crippen LogP contribution in [0.25, 0.3) is 11.3 Å². The van der Waals surface area contributed by atoms with Crippen LogP contribution in [0, 0.1) is 18.6 Å². The first kappa shape index (κ1) is 19.2. The molecule has 0 bridgehead atoms. The third-order valence-corrected chi connectivity index (χ3v) is 5.64. The maximum absolute atomic E-state index is 13.6. The molecule has 1 amide bonds. The van der Waals surface area contributed by atoms with Gasteiger partial charge < -0.3 is 4.90 Å². The van der Waals surface area contributed by atoms with Crippen molar-refractivity contribution in [2.24, 2.45) is 0 Å². The number of aryl methyl sites for hydroxylation is 1. The van der Waals surface area contributed by atoms with E-state index < -0.39 is 6.04 Å². The molecule has 1 atom stereocenters. The number of rotatable bonds is 4. The Hall–Kier alpha value is -3.80. The third kappa shape index (κ3) is 3.40. The predicted molar refractivity (Wildman–Crippen MR) is 113 cm³/mol. The number of benzene rings is 3. The maximum atomic E-state index is 13.6. The van der Waals surface area contributed by atoms with E-state index in [1.807, 2.05) is 31.2 Å². The van der Waals surface area contributed by atoms with Crippen molar-refractivity contribution >= 4 is 5.91 Å². The molecule has 0 fully saturated rings. The van der Waals surface area contributed by atoms with Crippen molar-refractivity contribution in [2.75, 3.05) is 0 Å². The number of hydrogen-bond acceptors (Lipinski definition) is 2. The van der Waals surface area contributed by atoms with E-state index in [1.54, 1.807) is 29.2 Å². The minimum atomic E-state index is -0.441. The van der Waals surface area contributed by atoms with Crippen LogP contribution in [-0.4, -0.2) is 21.0 Å². The maximum Gasteiger partial charge on any atom is 0.273 e. The van der Waals surface area contributed by atoms with Crippen molar-refractivity contribution in [3.63, 3.8) is 0 Å². The highest BCUT2D eigenvalue weighted by Gasteiger charge is 2.42. The Bertz CT molecular complexity index is 1250. The van der Waals surface area contributed by atoms with Gasteiger partial charge in [-0.1, -0.05) is 54.1 Å². The summed E-state index contributed by atoms with van der Waals surface area (Å²) >= 11 is 0. The molecule has 1 aliphatic rings. The molecule has 0 saturated heterocycles. The monoisotopic (exact) mass is 415 g/mol. The van der Waals surface area contributed by atoms with Crippen molar-refractivity contribution in [2.45, 2.75) is 19.5 Å². The molecule has 2 heterocycles. The van der Waals surface area contributed by atoms with Gasteiger partial charge in [0, 0.05) is 17.7 Å². The van der Waals surface area contributed by atoms with E-state index in [1.165, 1.54) is 24.3 Å². The summed E-state index contributed by atoms with van der Waals surface area (Å²) in [5.41, 5.74) is 5.49. The van der Waals surface area contributed by atoms with Crippen LogP contribution < -0.4 is 0 Å². The molecular formula is C25H19F2N3O. The largest absolute Gasteiger partial charge is 0.322 e. The van der Waals surface area contributed by atoms with E-state index in [2.05, 4.69) is 10.2 Å². The number of H-pyrrole nitrogens is 1. The van der Waals surface area contributed by atoms with Gasteiger partial charge in [-0.15, -0.1) is 0 Å². The summed E-state index contributed by atoms with van der Waals surface area (Å²) in [5, 5.41) is 7.35. The smallest absolute Gasteiger partial charge is 0.273 e.